The Morgan fingerprint density at radius 1 is 1.03 bits per heavy atom. The number of nitrogens with zero attached hydrogens (tertiary/aromatic N) is 1. The van der Waals surface area contributed by atoms with Gasteiger partial charge < -0.3 is 24.8 Å². The monoisotopic (exact) mass is 631 g/mol. The number of amides is 2. The van der Waals surface area contributed by atoms with Gasteiger partial charge in [-0.3, -0.25) is 9.59 Å². The Balaban J connectivity index is 1.70. The van der Waals surface area contributed by atoms with Crippen molar-refractivity contribution in [1.82, 2.24) is 0 Å². The molecule has 0 aliphatic carbocycles. The average molecular weight is 632 g/mol. The van der Waals surface area contributed by atoms with Crippen LogP contribution in [0, 0.1) is 14.9 Å². The third-order valence-electron chi connectivity index (χ3n) is 4.83. The van der Waals surface area contributed by atoms with Crippen LogP contribution in [0.2, 0.25) is 5.02 Å². The fraction of sp³-hybridized carbons (Fsp3) is 0.148. The van der Waals surface area contributed by atoms with Crippen LogP contribution >= 0.6 is 34.2 Å². The molecule has 2 N–H and O–H groups in total. The van der Waals surface area contributed by atoms with Gasteiger partial charge in [-0.25, -0.2) is 0 Å². The zero-order chi connectivity index (χ0) is 26.8. The Hall–Kier alpha value is -3.75. The summed E-state index contributed by atoms with van der Waals surface area (Å²) in [5.41, 5.74) is 1.58. The molecule has 0 radical (unpaired) electrons. The van der Waals surface area contributed by atoms with Gasteiger partial charge in [0, 0.05) is 16.4 Å². The van der Waals surface area contributed by atoms with Crippen molar-refractivity contribution < 1.29 is 23.8 Å². The van der Waals surface area contributed by atoms with E-state index in [-0.39, 0.29) is 18.1 Å². The van der Waals surface area contributed by atoms with Crippen LogP contribution in [0.25, 0.3) is 6.08 Å². The summed E-state index contributed by atoms with van der Waals surface area (Å²) in [6.45, 7) is 2.17. The first-order valence-electron chi connectivity index (χ1n) is 11.0. The van der Waals surface area contributed by atoms with Crippen molar-refractivity contribution in [2.24, 2.45) is 0 Å². The lowest BCUT2D eigenvalue weighted by atomic mass is 10.1. The van der Waals surface area contributed by atoms with E-state index in [1.165, 1.54) is 13.2 Å². The Bertz CT molecular complexity index is 1340. The third-order valence-corrected chi connectivity index (χ3v) is 5.88. The van der Waals surface area contributed by atoms with Gasteiger partial charge in [-0.2, -0.15) is 5.26 Å². The summed E-state index contributed by atoms with van der Waals surface area (Å²) in [6, 6.07) is 18.8. The van der Waals surface area contributed by atoms with Crippen molar-refractivity contribution in [2.75, 3.05) is 31.0 Å². The van der Waals surface area contributed by atoms with Crippen LogP contribution in [0.1, 0.15) is 12.5 Å². The van der Waals surface area contributed by atoms with Gasteiger partial charge in [0.15, 0.2) is 18.1 Å². The first-order chi connectivity index (χ1) is 17.8. The first-order valence-corrected chi connectivity index (χ1v) is 12.5. The number of carbonyl (C=O) groups is 2. The zero-order valence-corrected chi connectivity index (χ0v) is 22.9. The van der Waals surface area contributed by atoms with Gasteiger partial charge in [0.2, 0.25) is 0 Å². The fourth-order valence-corrected chi connectivity index (χ4v) is 4.05. The molecule has 2 amide bonds. The molecular weight excluding hydrogens is 609 g/mol. The maximum atomic E-state index is 12.7. The van der Waals surface area contributed by atoms with Crippen molar-refractivity contribution in [3.8, 4) is 23.3 Å². The van der Waals surface area contributed by atoms with E-state index in [0.29, 0.717) is 49.4 Å². The highest BCUT2D eigenvalue weighted by molar-refractivity contribution is 14.1. The van der Waals surface area contributed by atoms with Crippen molar-refractivity contribution in [3.05, 3.63) is 80.4 Å². The van der Waals surface area contributed by atoms with Crippen LogP contribution in [0.15, 0.2) is 66.2 Å². The minimum atomic E-state index is -0.556. The Kier molecular flexibility index (Phi) is 10.2. The topological polar surface area (TPSA) is 110 Å². The van der Waals surface area contributed by atoms with E-state index in [1.54, 1.807) is 60.7 Å². The first kappa shape index (κ1) is 27.8. The summed E-state index contributed by atoms with van der Waals surface area (Å²) in [7, 11) is 1.46. The number of rotatable bonds is 10. The summed E-state index contributed by atoms with van der Waals surface area (Å²) in [5, 5.41) is 15.6. The number of anilines is 2. The van der Waals surface area contributed by atoms with Crippen LogP contribution in [-0.4, -0.2) is 32.1 Å². The second-order valence-electron chi connectivity index (χ2n) is 7.46. The van der Waals surface area contributed by atoms with Crippen LogP contribution in [-0.2, 0) is 9.59 Å². The van der Waals surface area contributed by atoms with Gasteiger partial charge in [-0.05, 0) is 102 Å². The van der Waals surface area contributed by atoms with Gasteiger partial charge in [-0.1, -0.05) is 11.6 Å². The summed E-state index contributed by atoms with van der Waals surface area (Å²) in [6.07, 6.45) is 1.45. The lowest BCUT2D eigenvalue weighted by molar-refractivity contribution is -0.118. The van der Waals surface area contributed by atoms with E-state index >= 15 is 0 Å². The van der Waals surface area contributed by atoms with Crippen LogP contribution < -0.4 is 24.8 Å². The highest BCUT2D eigenvalue weighted by Crippen LogP contribution is 2.34. The van der Waals surface area contributed by atoms with E-state index in [2.05, 4.69) is 10.6 Å². The van der Waals surface area contributed by atoms with Crippen molar-refractivity contribution >= 4 is 63.5 Å². The molecule has 0 saturated carbocycles. The standard InChI is InChI=1S/C27H23ClIN3O5/c1-3-36-22-10-8-21(9-11-22)32-27(34)18(15-30)12-17-13-23(29)26(24(14-17)35-2)37-16-25(33)31-20-6-4-19(28)5-7-20/h4-14H,3,16H2,1-2H3,(H,31,33)(H,32,34)/b18-12+. The maximum Gasteiger partial charge on any atom is 0.266 e. The van der Waals surface area contributed by atoms with Crippen molar-refractivity contribution in [3.63, 3.8) is 0 Å². The predicted molar refractivity (Wildman–Crippen MR) is 151 cm³/mol. The second kappa shape index (κ2) is 13.5. The number of methoxy groups -OCH3 is 1. The number of ether oxygens (including phenoxy) is 3. The number of carbonyl (C=O) groups excluding carboxylic acids is 2. The van der Waals surface area contributed by atoms with E-state index < -0.39 is 5.91 Å². The normalized spacial score (nSPS) is 10.7. The van der Waals surface area contributed by atoms with Gasteiger partial charge >= 0.3 is 0 Å². The summed E-state index contributed by atoms with van der Waals surface area (Å²) in [5.74, 6) is 0.482. The molecule has 0 aliphatic heterocycles. The van der Waals surface area contributed by atoms with Gasteiger partial charge in [0.05, 0.1) is 17.3 Å². The lowest BCUT2D eigenvalue weighted by Crippen LogP contribution is -2.20. The Morgan fingerprint density at radius 2 is 1.68 bits per heavy atom. The van der Waals surface area contributed by atoms with E-state index in [1.807, 2.05) is 35.6 Å². The molecule has 190 valence electrons. The minimum Gasteiger partial charge on any atom is -0.494 e. The molecule has 3 rings (SSSR count). The van der Waals surface area contributed by atoms with E-state index in [4.69, 9.17) is 25.8 Å². The predicted octanol–water partition coefficient (Wildman–Crippen LogP) is 5.92. The Morgan fingerprint density at radius 3 is 2.30 bits per heavy atom. The molecule has 0 aliphatic rings. The van der Waals surface area contributed by atoms with E-state index in [0.717, 1.165) is 0 Å². The molecule has 0 atom stereocenters. The summed E-state index contributed by atoms with van der Waals surface area (Å²) < 4.78 is 17.2. The average Bonchev–Trinajstić information content (AvgIpc) is 2.88. The molecule has 10 heteroatoms. The number of hydrogen-bond donors (Lipinski definition) is 2. The maximum absolute atomic E-state index is 12.7. The number of benzene rings is 3. The smallest absolute Gasteiger partial charge is 0.266 e. The highest BCUT2D eigenvalue weighted by Gasteiger charge is 2.15. The molecule has 3 aromatic rings. The van der Waals surface area contributed by atoms with Gasteiger partial charge in [0.1, 0.15) is 17.4 Å². The summed E-state index contributed by atoms with van der Waals surface area (Å²) >= 11 is 7.90. The van der Waals surface area contributed by atoms with Crippen LogP contribution in [0.5, 0.6) is 17.2 Å². The van der Waals surface area contributed by atoms with Gasteiger partial charge in [-0.15, -0.1) is 0 Å². The lowest BCUT2D eigenvalue weighted by Gasteiger charge is -2.14. The Labute approximate surface area is 233 Å². The number of nitriles is 1. The molecule has 0 bridgehead atoms. The second-order valence-corrected chi connectivity index (χ2v) is 9.06. The highest BCUT2D eigenvalue weighted by atomic mass is 127. The number of halogens is 2. The molecule has 0 saturated heterocycles. The number of hydrogen-bond acceptors (Lipinski definition) is 6. The molecule has 8 nitrogen and oxygen atoms in total. The van der Waals surface area contributed by atoms with E-state index in [9.17, 15) is 14.9 Å². The molecule has 0 fully saturated rings. The minimum absolute atomic E-state index is 0.0947. The molecule has 0 aromatic heterocycles. The quantitative estimate of drug-likeness (QED) is 0.164. The van der Waals surface area contributed by atoms with Crippen molar-refractivity contribution in [1.29, 1.82) is 5.26 Å². The van der Waals surface area contributed by atoms with Crippen LogP contribution in [0.3, 0.4) is 0 Å². The third kappa shape index (κ3) is 8.13. The molecule has 0 spiro atoms. The molecule has 37 heavy (non-hydrogen) atoms. The summed E-state index contributed by atoms with van der Waals surface area (Å²) in [4.78, 5) is 25.0. The largest absolute Gasteiger partial charge is 0.494 e. The molecule has 3 aromatic carbocycles. The molecular formula is C27H23ClIN3O5. The van der Waals surface area contributed by atoms with Crippen molar-refractivity contribution in [2.45, 2.75) is 6.92 Å². The van der Waals surface area contributed by atoms with Crippen LogP contribution in [0.4, 0.5) is 11.4 Å². The fourth-order valence-electron chi connectivity index (χ4n) is 3.15. The molecule has 0 heterocycles. The van der Waals surface area contributed by atoms with Gasteiger partial charge in [0.25, 0.3) is 11.8 Å². The SMILES string of the molecule is CCOc1ccc(NC(=O)/C(C#N)=C/c2cc(I)c(OCC(=O)Nc3ccc(Cl)cc3)c(OC)c2)cc1. The molecule has 0 unspecified atom stereocenters. The number of nitrogens with one attached hydrogen (secondary N) is 2. The zero-order valence-electron chi connectivity index (χ0n) is 20.0.